The summed E-state index contributed by atoms with van der Waals surface area (Å²) in [7, 11) is -3.96. The van der Waals surface area contributed by atoms with Gasteiger partial charge in [-0.05, 0) is 69.1 Å². The van der Waals surface area contributed by atoms with Crippen LogP contribution in [0.4, 0.5) is 0 Å². The minimum Gasteiger partial charge on any atom is -0.413 e. The van der Waals surface area contributed by atoms with Crippen LogP contribution in [0.25, 0.3) is 0 Å². The van der Waals surface area contributed by atoms with Gasteiger partial charge in [0.25, 0.3) is 0 Å². The topological polar surface area (TPSA) is 99.4 Å². The molecule has 2 heterocycles. The molecule has 8 atom stereocenters. The Bertz CT molecular complexity index is 831. The molecular weight excluding hydrogens is 761 g/mol. The number of hydrogen-bond donors (Lipinski definition) is 4. The van der Waals surface area contributed by atoms with Gasteiger partial charge in [-0.25, -0.2) is 0 Å². The third-order valence-corrected chi connectivity index (χ3v) is 31.3. The molecule has 2 rings (SSSR count). The number of rotatable bonds is 20. The van der Waals surface area contributed by atoms with Crippen molar-refractivity contribution in [1.82, 2.24) is 0 Å². The minimum absolute atomic E-state index is 0.175. The molecule has 0 spiro atoms. The van der Waals surface area contributed by atoms with Gasteiger partial charge in [-0.3, -0.25) is 0 Å². The summed E-state index contributed by atoms with van der Waals surface area (Å²) < 4.78 is 13.9. The monoisotopic (exact) mass is 844 g/mol. The van der Waals surface area contributed by atoms with E-state index < -0.39 is 41.1 Å². The van der Waals surface area contributed by atoms with E-state index in [1.807, 2.05) is 60.9 Å². The molecule has 0 aromatic rings. The van der Waals surface area contributed by atoms with Gasteiger partial charge in [0.2, 0.25) is 0 Å². The lowest BCUT2D eigenvalue weighted by Crippen LogP contribution is -2.50. The van der Waals surface area contributed by atoms with Crippen LogP contribution < -0.4 is 0 Å². The summed E-state index contributed by atoms with van der Waals surface area (Å²) >= 11 is 7.82. The lowest BCUT2D eigenvalue weighted by atomic mass is 9.90. The van der Waals surface area contributed by atoms with E-state index in [-0.39, 0.29) is 23.7 Å². The molecule has 6 nitrogen and oxygen atoms in total. The van der Waals surface area contributed by atoms with E-state index >= 15 is 0 Å². The average molecular weight is 846 g/mol. The van der Waals surface area contributed by atoms with Crippen LogP contribution in [0.15, 0.2) is 0 Å². The van der Waals surface area contributed by atoms with Crippen molar-refractivity contribution in [2.75, 3.05) is 36.2 Å². The highest BCUT2D eigenvalue weighted by atomic mass is 32.2. The third-order valence-electron chi connectivity index (χ3n) is 12.4. The van der Waals surface area contributed by atoms with E-state index in [0.29, 0.717) is 55.6 Å². The van der Waals surface area contributed by atoms with Gasteiger partial charge in [-0.2, -0.15) is 0 Å². The molecule has 0 aromatic carbocycles. The fourth-order valence-electron chi connectivity index (χ4n) is 9.12. The van der Waals surface area contributed by atoms with Crippen LogP contribution in [-0.4, -0.2) is 107 Å². The van der Waals surface area contributed by atoms with Gasteiger partial charge in [0.05, 0.1) is 46.8 Å². The Morgan fingerprint density at radius 1 is 0.442 bits per heavy atom. The predicted octanol–water partition coefficient (Wildman–Crippen LogP) is 10.7. The Morgan fingerprint density at radius 2 is 0.673 bits per heavy atom. The van der Waals surface area contributed by atoms with Crippen LogP contribution in [0.3, 0.4) is 0 Å². The first-order chi connectivity index (χ1) is 24.1. The van der Waals surface area contributed by atoms with Gasteiger partial charge in [-0.15, -0.1) is 47.0 Å². The van der Waals surface area contributed by atoms with Crippen LogP contribution in [-0.2, 0) is 8.85 Å². The van der Waals surface area contributed by atoms with E-state index in [1.165, 1.54) is 35.9 Å². The zero-order chi connectivity index (χ0) is 40.1. The van der Waals surface area contributed by atoms with E-state index in [4.69, 9.17) is 8.85 Å². The average Bonchev–Trinajstić information content (AvgIpc) is 3.10. The van der Waals surface area contributed by atoms with Gasteiger partial charge < -0.3 is 29.3 Å². The van der Waals surface area contributed by atoms with Crippen molar-refractivity contribution >= 4 is 63.7 Å². The molecule has 2 aliphatic heterocycles. The summed E-state index contributed by atoms with van der Waals surface area (Å²) in [5.41, 5.74) is 3.02. The van der Waals surface area contributed by atoms with Crippen molar-refractivity contribution in [1.29, 1.82) is 0 Å². The van der Waals surface area contributed by atoms with Crippen LogP contribution in [0, 0.1) is 23.7 Å². The molecule has 312 valence electrons. The summed E-state index contributed by atoms with van der Waals surface area (Å²) in [5, 5.41) is 43.2. The highest BCUT2D eigenvalue weighted by Gasteiger charge is 2.47. The van der Waals surface area contributed by atoms with Crippen molar-refractivity contribution in [3.63, 3.8) is 0 Å². The van der Waals surface area contributed by atoms with Gasteiger partial charge in [0.1, 0.15) is 0 Å². The van der Waals surface area contributed by atoms with Crippen LogP contribution in [0.5, 0.6) is 0 Å². The van der Waals surface area contributed by atoms with Crippen LogP contribution in [0.2, 0.25) is 33.2 Å². The van der Waals surface area contributed by atoms with Crippen molar-refractivity contribution < 1.29 is 29.3 Å². The van der Waals surface area contributed by atoms with Gasteiger partial charge >= 0.3 is 0 Å². The molecule has 0 saturated carbocycles. The molecule has 12 heteroatoms. The number of hydrogen-bond acceptors (Lipinski definition) is 10. The van der Waals surface area contributed by atoms with Crippen LogP contribution >= 0.6 is 47.0 Å². The van der Waals surface area contributed by atoms with Gasteiger partial charge in [0, 0.05) is 23.7 Å². The smallest absolute Gasteiger partial charge is 0.200 e. The molecule has 2 fully saturated rings. The molecular formula is C40H84O6S4Si2. The van der Waals surface area contributed by atoms with Gasteiger partial charge in [0.15, 0.2) is 16.6 Å². The van der Waals surface area contributed by atoms with E-state index in [0.717, 1.165) is 0 Å². The lowest BCUT2D eigenvalue weighted by molar-refractivity contribution is -0.0240. The van der Waals surface area contributed by atoms with Crippen molar-refractivity contribution in [2.24, 2.45) is 23.7 Å². The molecule has 0 aromatic heterocycles. The number of aliphatic hydroxyl groups is 4. The zero-order valence-electron chi connectivity index (χ0n) is 36.1. The summed E-state index contributed by atoms with van der Waals surface area (Å²) in [6, 6.07) is 0. The quantitative estimate of drug-likeness (QED) is 0.0887. The fourth-order valence-corrected chi connectivity index (χ4v) is 26.4. The Balaban J connectivity index is 0.000000520. The highest BCUT2D eigenvalue weighted by Crippen LogP contribution is 2.45. The molecule has 0 aliphatic carbocycles. The summed E-state index contributed by atoms with van der Waals surface area (Å²) in [6.07, 6.45) is 0.290. The molecule has 0 amide bonds. The molecule has 2 saturated heterocycles. The van der Waals surface area contributed by atoms with Crippen molar-refractivity contribution in [2.45, 2.75) is 190 Å². The maximum absolute atomic E-state index is 10.8. The largest absolute Gasteiger partial charge is 0.413 e. The summed E-state index contributed by atoms with van der Waals surface area (Å²) in [6.45, 7) is 36.0. The second-order valence-electron chi connectivity index (χ2n) is 17.7. The normalized spacial score (nSPS) is 22.0. The number of thioether (sulfide) groups is 4. The maximum Gasteiger partial charge on any atom is 0.200 e. The van der Waals surface area contributed by atoms with Crippen molar-refractivity contribution in [3.05, 3.63) is 0 Å². The van der Waals surface area contributed by atoms with E-state index in [9.17, 15) is 20.4 Å². The van der Waals surface area contributed by atoms with E-state index in [2.05, 4.69) is 96.9 Å². The van der Waals surface area contributed by atoms with E-state index in [1.54, 1.807) is 0 Å². The Kier molecular flexibility index (Phi) is 24.3. The van der Waals surface area contributed by atoms with Crippen LogP contribution in [0.1, 0.15) is 124 Å². The Morgan fingerprint density at radius 3 is 0.885 bits per heavy atom. The van der Waals surface area contributed by atoms with Crippen molar-refractivity contribution in [3.8, 4) is 0 Å². The first kappa shape index (κ1) is 51.6. The van der Waals surface area contributed by atoms with Gasteiger partial charge in [-0.1, -0.05) is 111 Å². The molecule has 2 aliphatic rings. The maximum atomic E-state index is 10.8. The fraction of sp³-hybridized carbons (Fsp3) is 1.00. The minimum atomic E-state index is -1.98. The molecule has 0 radical (unpaired) electrons. The summed E-state index contributed by atoms with van der Waals surface area (Å²) in [4.78, 5) is 0. The SMILES string of the molecule is CC(C)[Si](OC[C@H](O)[C@@H](C)[C@@H](O)[C@@H](C)C1SCCCS1)(C(C)C)C(C)C.CC(C)[Si](OC[C@H](O)[C@@H](C)[C@@H](O)[C@@H](C)C1SCCCS1)(C(C)C)C(C)C. The predicted molar refractivity (Wildman–Crippen MR) is 241 cm³/mol. The Labute approximate surface area is 341 Å². The second-order valence-corrected chi connectivity index (χ2v) is 34.3. The first-order valence-corrected chi connectivity index (χ1v) is 29.0. The highest BCUT2D eigenvalue weighted by molar-refractivity contribution is 8.18. The molecule has 0 unspecified atom stereocenters. The number of aliphatic hydroxyl groups excluding tert-OH is 4. The lowest BCUT2D eigenvalue weighted by Gasteiger charge is -2.43. The first-order valence-electron chi connectivity index (χ1n) is 20.6. The standard InChI is InChI=1S/2C20H42O3S2Si/c2*1-13(2)26(14(3)4,15(5)6)23-12-18(21)16(7)19(22)17(8)20-24-10-9-11-25-20/h2*13-22H,9-12H2,1-8H3/t2*16-,17-,18+,19-/m11/s1. The summed E-state index contributed by atoms with van der Waals surface area (Å²) in [5.74, 6) is 4.73. The molecule has 4 N–H and O–H groups in total. The zero-order valence-corrected chi connectivity index (χ0v) is 41.4. The molecule has 52 heavy (non-hydrogen) atoms. The third kappa shape index (κ3) is 13.9. The Hall–Kier alpha value is 1.59. The molecule has 0 bridgehead atoms. The second kappa shape index (κ2) is 24.5.